The summed E-state index contributed by atoms with van der Waals surface area (Å²) in [4.78, 5) is 14.7. The number of hydrogen-bond acceptors (Lipinski definition) is 5. The number of nitrogens with zero attached hydrogens (tertiary/aromatic N) is 1. The Bertz CT molecular complexity index is 1490. The average molecular weight is 464 g/mol. The molecule has 4 aromatic rings. The Hall–Kier alpha value is -3.32. The maximum Gasteiger partial charge on any atom is 0.410 e. The largest absolute Gasteiger partial charge is 0.461 e. The van der Waals surface area contributed by atoms with Crippen molar-refractivity contribution in [3.05, 3.63) is 72.0 Å². The molecule has 1 aliphatic rings. The summed E-state index contributed by atoms with van der Waals surface area (Å²) >= 11 is 0. The monoisotopic (exact) mass is 463 g/mol. The van der Waals surface area contributed by atoms with Crippen molar-refractivity contribution in [1.82, 2.24) is 4.90 Å². The quantitative estimate of drug-likeness (QED) is 0.380. The van der Waals surface area contributed by atoms with E-state index in [9.17, 15) is 13.2 Å². The van der Waals surface area contributed by atoms with Gasteiger partial charge in [0.05, 0.1) is 16.3 Å². The van der Waals surface area contributed by atoms with E-state index in [0.29, 0.717) is 35.9 Å². The van der Waals surface area contributed by atoms with E-state index in [0.717, 1.165) is 16.7 Å². The molecule has 170 valence electrons. The van der Waals surface area contributed by atoms with Crippen LogP contribution in [0.4, 0.5) is 4.79 Å². The van der Waals surface area contributed by atoms with E-state index in [1.54, 1.807) is 35.2 Å². The van der Waals surface area contributed by atoms with Gasteiger partial charge in [-0.25, -0.2) is 13.2 Å². The minimum Gasteiger partial charge on any atom is -0.461 e. The topological polar surface area (TPSA) is 76.8 Å². The Kier molecular flexibility index (Phi) is 4.97. The number of amides is 1. The molecular formula is C26H25NO5S. The molecule has 0 bridgehead atoms. The van der Waals surface area contributed by atoms with Gasteiger partial charge in [-0.1, -0.05) is 36.4 Å². The molecule has 1 aromatic heterocycles. The number of sulfone groups is 1. The van der Waals surface area contributed by atoms with Crippen molar-refractivity contribution in [3.63, 3.8) is 0 Å². The van der Waals surface area contributed by atoms with E-state index in [2.05, 4.69) is 0 Å². The zero-order chi connectivity index (χ0) is 23.4. The highest BCUT2D eigenvalue weighted by Crippen LogP contribution is 2.35. The minimum absolute atomic E-state index is 0.198. The molecule has 0 aliphatic carbocycles. The molecule has 3 aromatic carbocycles. The second-order valence-corrected chi connectivity index (χ2v) is 11.2. The van der Waals surface area contributed by atoms with Crippen LogP contribution in [-0.4, -0.2) is 31.6 Å². The molecule has 6 nitrogen and oxygen atoms in total. The first-order valence-corrected chi connectivity index (χ1v) is 12.4. The maximum absolute atomic E-state index is 13.6. The van der Waals surface area contributed by atoms with Gasteiger partial charge in [-0.3, -0.25) is 0 Å². The van der Waals surface area contributed by atoms with Gasteiger partial charge in [0, 0.05) is 29.3 Å². The summed E-state index contributed by atoms with van der Waals surface area (Å²) in [5, 5.41) is 2.26. The predicted molar refractivity (Wildman–Crippen MR) is 126 cm³/mol. The Morgan fingerprint density at radius 2 is 1.76 bits per heavy atom. The van der Waals surface area contributed by atoms with Gasteiger partial charge in [-0.2, -0.15) is 0 Å². The van der Waals surface area contributed by atoms with Gasteiger partial charge in [-0.05, 0) is 50.4 Å². The van der Waals surface area contributed by atoms with Crippen molar-refractivity contribution in [1.29, 1.82) is 0 Å². The highest BCUT2D eigenvalue weighted by molar-refractivity contribution is 7.91. The van der Waals surface area contributed by atoms with E-state index >= 15 is 0 Å². The SMILES string of the molecule is CC(C)(C)OC(=O)N1CCc2oc3ccc(S(=O)(=O)c4cccc5ccccc45)cc3c2C1. The lowest BCUT2D eigenvalue weighted by molar-refractivity contribution is 0.0220. The van der Waals surface area contributed by atoms with E-state index < -0.39 is 15.4 Å². The van der Waals surface area contributed by atoms with Gasteiger partial charge < -0.3 is 14.1 Å². The number of carbonyl (C=O) groups is 1. The third kappa shape index (κ3) is 3.86. The Balaban J connectivity index is 1.56. The van der Waals surface area contributed by atoms with Crippen molar-refractivity contribution in [2.75, 3.05) is 6.54 Å². The molecule has 2 heterocycles. The van der Waals surface area contributed by atoms with E-state index in [4.69, 9.17) is 9.15 Å². The van der Waals surface area contributed by atoms with Crippen LogP contribution in [0.2, 0.25) is 0 Å². The van der Waals surface area contributed by atoms with Gasteiger partial charge in [0.1, 0.15) is 16.9 Å². The normalized spacial score (nSPS) is 14.5. The second kappa shape index (κ2) is 7.63. The number of carbonyl (C=O) groups excluding carboxylic acids is 1. The molecule has 0 radical (unpaired) electrons. The summed E-state index contributed by atoms with van der Waals surface area (Å²) < 4.78 is 38.7. The number of benzene rings is 3. The highest BCUT2D eigenvalue weighted by atomic mass is 32.2. The first kappa shape index (κ1) is 21.5. The number of hydrogen-bond donors (Lipinski definition) is 0. The van der Waals surface area contributed by atoms with Crippen LogP contribution in [0.1, 0.15) is 32.1 Å². The van der Waals surface area contributed by atoms with Crippen molar-refractivity contribution in [3.8, 4) is 0 Å². The van der Waals surface area contributed by atoms with Crippen molar-refractivity contribution < 1.29 is 22.4 Å². The maximum atomic E-state index is 13.6. The number of furan rings is 1. The lowest BCUT2D eigenvalue weighted by Crippen LogP contribution is -2.39. The first-order chi connectivity index (χ1) is 15.6. The van der Waals surface area contributed by atoms with Crippen LogP contribution in [0.15, 0.2) is 74.9 Å². The smallest absolute Gasteiger partial charge is 0.410 e. The summed E-state index contributed by atoms with van der Waals surface area (Å²) in [5.74, 6) is 0.782. The molecular weight excluding hydrogens is 438 g/mol. The lowest BCUT2D eigenvalue weighted by Gasteiger charge is -2.29. The van der Waals surface area contributed by atoms with Crippen LogP contribution >= 0.6 is 0 Å². The minimum atomic E-state index is -3.76. The molecule has 0 spiro atoms. The molecule has 7 heteroatoms. The lowest BCUT2D eigenvalue weighted by atomic mass is 10.1. The van der Waals surface area contributed by atoms with Gasteiger partial charge in [0.15, 0.2) is 0 Å². The third-order valence-corrected chi connectivity index (χ3v) is 7.61. The van der Waals surface area contributed by atoms with Crippen LogP contribution in [0, 0.1) is 0 Å². The van der Waals surface area contributed by atoms with Crippen LogP contribution in [-0.2, 0) is 27.5 Å². The van der Waals surface area contributed by atoms with Crippen LogP contribution in [0.25, 0.3) is 21.7 Å². The van der Waals surface area contributed by atoms with Gasteiger partial charge in [0.2, 0.25) is 9.84 Å². The van der Waals surface area contributed by atoms with Crippen molar-refractivity contribution >= 4 is 37.7 Å². The molecule has 1 aliphatic heterocycles. The van der Waals surface area contributed by atoms with Gasteiger partial charge in [0.25, 0.3) is 0 Å². The summed E-state index contributed by atoms with van der Waals surface area (Å²) in [6.45, 7) is 6.30. The number of fused-ring (bicyclic) bond motifs is 4. The molecule has 5 rings (SSSR count). The van der Waals surface area contributed by atoms with E-state index in [1.807, 2.05) is 51.1 Å². The zero-order valence-corrected chi connectivity index (χ0v) is 19.6. The summed E-state index contributed by atoms with van der Waals surface area (Å²) in [7, 11) is -3.76. The molecule has 0 unspecified atom stereocenters. The van der Waals surface area contributed by atoms with E-state index in [-0.39, 0.29) is 15.9 Å². The molecule has 0 saturated carbocycles. The zero-order valence-electron chi connectivity index (χ0n) is 18.8. The number of ether oxygens (including phenoxy) is 1. The fourth-order valence-electron chi connectivity index (χ4n) is 4.27. The van der Waals surface area contributed by atoms with Gasteiger partial charge >= 0.3 is 6.09 Å². The number of rotatable bonds is 2. The summed E-state index contributed by atoms with van der Waals surface area (Å²) in [5.41, 5.74) is 0.857. The Morgan fingerprint density at radius 3 is 2.55 bits per heavy atom. The summed E-state index contributed by atoms with van der Waals surface area (Å²) in [6.07, 6.45) is 0.163. The molecule has 0 N–H and O–H groups in total. The standard InChI is InChI=1S/C26H25NO5S/c1-26(2,3)32-25(28)27-14-13-23-21(16-27)20-15-18(11-12-22(20)31-23)33(29,30)24-10-6-8-17-7-4-5-9-19(17)24/h4-12,15H,13-14,16H2,1-3H3. The van der Waals surface area contributed by atoms with Crippen LogP contribution in [0.3, 0.4) is 0 Å². The molecule has 0 fully saturated rings. The molecule has 0 saturated heterocycles. The van der Waals surface area contributed by atoms with Crippen molar-refractivity contribution in [2.45, 2.75) is 49.1 Å². The fourth-order valence-corrected chi connectivity index (χ4v) is 5.77. The first-order valence-electron chi connectivity index (χ1n) is 10.9. The van der Waals surface area contributed by atoms with Crippen LogP contribution in [0.5, 0.6) is 0 Å². The van der Waals surface area contributed by atoms with Crippen LogP contribution < -0.4 is 0 Å². The Labute approximate surface area is 192 Å². The van der Waals surface area contributed by atoms with Gasteiger partial charge in [-0.15, -0.1) is 0 Å². The third-order valence-electron chi connectivity index (χ3n) is 5.80. The molecule has 33 heavy (non-hydrogen) atoms. The van der Waals surface area contributed by atoms with E-state index in [1.165, 1.54) is 0 Å². The second-order valence-electron chi connectivity index (χ2n) is 9.29. The summed E-state index contributed by atoms with van der Waals surface area (Å²) in [6, 6.07) is 17.7. The Morgan fingerprint density at radius 1 is 1.00 bits per heavy atom. The average Bonchev–Trinajstić information content (AvgIpc) is 3.14. The predicted octanol–water partition coefficient (Wildman–Crippen LogP) is 5.71. The van der Waals surface area contributed by atoms with Crippen molar-refractivity contribution in [2.24, 2.45) is 0 Å². The highest BCUT2D eigenvalue weighted by Gasteiger charge is 2.30. The fraction of sp³-hybridized carbons (Fsp3) is 0.269. The molecule has 1 amide bonds. The molecule has 0 atom stereocenters.